The van der Waals surface area contributed by atoms with Gasteiger partial charge in [0, 0.05) is 30.5 Å². The number of pyridine rings is 1. The fraction of sp³-hybridized carbons (Fsp3) is 0.421. The summed E-state index contributed by atoms with van der Waals surface area (Å²) in [7, 11) is 0. The van der Waals surface area contributed by atoms with E-state index in [1.54, 1.807) is 12.3 Å². The first-order chi connectivity index (χ1) is 11.5. The minimum absolute atomic E-state index is 0.0724. The van der Waals surface area contributed by atoms with Crippen LogP contribution >= 0.6 is 0 Å². The normalized spacial score (nSPS) is 16.9. The molecule has 0 spiro atoms. The second-order valence-corrected chi connectivity index (χ2v) is 6.51. The molecule has 2 aromatic rings. The quantitative estimate of drug-likeness (QED) is 0.899. The van der Waals surface area contributed by atoms with Crippen LogP contribution in [0.25, 0.3) is 0 Å². The van der Waals surface area contributed by atoms with Crippen LogP contribution < -0.4 is 10.2 Å². The Morgan fingerprint density at radius 3 is 2.71 bits per heavy atom. The smallest absolute Gasteiger partial charge is 0.126 e. The number of aliphatic hydroxyl groups excluding tert-OH is 1. The number of nitrogens with zero attached hydrogens (tertiary/aromatic N) is 2. The van der Waals surface area contributed by atoms with Gasteiger partial charge in [0.25, 0.3) is 0 Å². The lowest BCUT2D eigenvalue weighted by Gasteiger charge is -2.34. The lowest BCUT2D eigenvalue weighted by Crippen LogP contribution is -2.36. The summed E-state index contributed by atoms with van der Waals surface area (Å²) in [6.07, 6.45) is 3.04. The van der Waals surface area contributed by atoms with Crippen LogP contribution in [0.1, 0.15) is 36.9 Å². The molecule has 1 atom stereocenters. The third-order valence-corrected chi connectivity index (χ3v) is 4.54. The van der Waals surface area contributed by atoms with E-state index >= 15 is 0 Å². The summed E-state index contributed by atoms with van der Waals surface area (Å²) in [6, 6.07) is 8.78. The summed E-state index contributed by atoms with van der Waals surface area (Å²) in [5.74, 6) is 0.545. The van der Waals surface area contributed by atoms with Crippen molar-refractivity contribution < 1.29 is 9.50 Å². The van der Waals surface area contributed by atoms with E-state index in [1.165, 1.54) is 6.07 Å². The third-order valence-electron chi connectivity index (χ3n) is 4.54. The standard InChI is InChI=1S/C19H24FN3O/c1-13-5-8-21-19(11-13)22-14(2)17-12-15(20)3-4-18(17)23-9-6-16(24)7-10-23/h3-5,8,11-12,14,16,24H,6-7,9-10H2,1-2H3,(H,21,22). The van der Waals surface area contributed by atoms with Crippen molar-refractivity contribution in [3.05, 3.63) is 53.5 Å². The van der Waals surface area contributed by atoms with Crippen LogP contribution in [-0.2, 0) is 0 Å². The molecule has 0 radical (unpaired) electrons. The van der Waals surface area contributed by atoms with E-state index < -0.39 is 0 Å². The van der Waals surface area contributed by atoms with E-state index in [9.17, 15) is 9.50 Å². The first-order valence-corrected chi connectivity index (χ1v) is 8.44. The maximum Gasteiger partial charge on any atom is 0.126 e. The number of anilines is 2. The maximum absolute atomic E-state index is 13.8. The zero-order valence-electron chi connectivity index (χ0n) is 14.2. The van der Waals surface area contributed by atoms with Crippen molar-refractivity contribution in [2.75, 3.05) is 23.3 Å². The van der Waals surface area contributed by atoms with Gasteiger partial charge in [-0.25, -0.2) is 9.37 Å². The van der Waals surface area contributed by atoms with Crippen molar-refractivity contribution in [3.8, 4) is 0 Å². The Morgan fingerprint density at radius 1 is 1.25 bits per heavy atom. The maximum atomic E-state index is 13.8. The minimum Gasteiger partial charge on any atom is -0.393 e. The molecule has 4 nitrogen and oxygen atoms in total. The van der Waals surface area contributed by atoms with Crippen LogP contribution in [-0.4, -0.2) is 29.3 Å². The molecule has 0 aliphatic carbocycles. The fourth-order valence-electron chi connectivity index (χ4n) is 3.18. The number of benzene rings is 1. The van der Waals surface area contributed by atoms with Crippen LogP contribution in [0, 0.1) is 12.7 Å². The predicted molar refractivity (Wildman–Crippen MR) is 94.9 cm³/mol. The lowest BCUT2D eigenvalue weighted by atomic mass is 10.0. The summed E-state index contributed by atoms with van der Waals surface area (Å²) in [6.45, 7) is 5.61. The zero-order chi connectivity index (χ0) is 17.1. The van der Waals surface area contributed by atoms with Crippen LogP contribution in [0.15, 0.2) is 36.5 Å². The van der Waals surface area contributed by atoms with Crippen LogP contribution in [0.2, 0.25) is 0 Å². The van der Waals surface area contributed by atoms with Crippen molar-refractivity contribution >= 4 is 11.5 Å². The minimum atomic E-state index is -0.239. The Bertz CT molecular complexity index is 699. The number of nitrogens with one attached hydrogen (secondary N) is 1. The largest absolute Gasteiger partial charge is 0.393 e. The first-order valence-electron chi connectivity index (χ1n) is 8.44. The van der Waals surface area contributed by atoms with Gasteiger partial charge < -0.3 is 15.3 Å². The summed E-state index contributed by atoms with van der Waals surface area (Å²) >= 11 is 0. The van der Waals surface area contributed by atoms with Crippen LogP contribution in [0.4, 0.5) is 15.9 Å². The monoisotopic (exact) mass is 329 g/mol. The highest BCUT2D eigenvalue weighted by Gasteiger charge is 2.21. The van der Waals surface area contributed by atoms with Crippen LogP contribution in [0.3, 0.4) is 0 Å². The summed E-state index contributed by atoms with van der Waals surface area (Å²) in [5, 5.41) is 13.1. The number of aromatic nitrogens is 1. The molecular formula is C19H24FN3O. The van der Waals surface area contributed by atoms with E-state index in [1.807, 2.05) is 32.0 Å². The Labute approximate surface area is 142 Å². The molecule has 1 aromatic heterocycles. The summed E-state index contributed by atoms with van der Waals surface area (Å²) < 4.78 is 13.8. The molecule has 1 saturated heterocycles. The number of rotatable bonds is 4. The van der Waals surface area contributed by atoms with Gasteiger partial charge in [-0.3, -0.25) is 0 Å². The highest BCUT2D eigenvalue weighted by molar-refractivity contribution is 5.57. The molecule has 2 N–H and O–H groups in total. The topological polar surface area (TPSA) is 48.4 Å². The Morgan fingerprint density at radius 2 is 2.00 bits per heavy atom. The SMILES string of the molecule is Cc1ccnc(NC(C)c2cc(F)ccc2N2CCC(O)CC2)c1. The van der Waals surface area contributed by atoms with Crippen LogP contribution in [0.5, 0.6) is 0 Å². The molecular weight excluding hydrogens is 305 g/mol. The van der Waals surface area contributed by atoms with Gasteiger partial charge in [0.05, 0.1) is 12.1 Å². The van der Waals surface area contributed by atoms with Gasteiger partial charge >= 0.3 is 0 Å². The Kier molecular flexibility index (Phi) is 5.00. The lowest BCUT2D eigenvalue weighted by molar-refractivity contribution is 0.145. The number of aryl methyl sites for hydroxylation is 1. The predicted octanol–water partition coefficient (Wildman–Crippen LogP) is 3.66. The molecule has 1 fully saturated rings. The molecule has 5 heteroatoms. The number of hydrogen-bond donors (Lipinski definition) is 2. The van der Waals surface area contributed by atoms with Crippen molar-refractivity contribution in [2.45, 2.75) is 38.8 Å². The number of halogens is 1. The van der Waals surface area contributed by atoms with Crippen molar-refractivity contribution in [1.29, 1.82) is 0 Å². The molecule has 0 bridgehead atoms. The van der Waals surface area contributed by atoms with Gasteiger partial charge in [0.15, 0.2) is 0 Å². The molecule has 1 aromatic carbocycles. The molecule has 1 aliphatic rings. The molecule has 128 valence electrons. The van der Waals surface area contributed by atoms with Gasteiger partial charge in [-0.2, -0.15) is 0 Å². The van der Waals surface area contributed by atoms with Crippen molar-refractivity contribution in [2.24, 2.45) is 0 Å². The molecule has 3 rings (SSSR count). The van der Waals surface area contributed by atoms with E-state index in [0.717, 1.165) is 48.6 Å². The summed E-state index contributed by atoms with van der Waals surface area (Å²) in [5.41, 5.74) is 3.06. The molecule has 24 heavy (non-hydrogen) atoms. The van der Waals surface area contributed by atoms with E-state index in [4.69, 9.17) is 0 Å². The first kappa shape index (κ1) is 16.7. The molecule has 1 unspecified atom stereocenters. The molecule has 2 heterocycles. The van der Waals surface area contributed by atoms with Gasteiger partial charge in [0.2, 0.25) is 0 Å². The second-order valence-electron chi connectivity index (χ2n) is 6.51. The number of piperidine rings is 1. The second kappa shape index (κ2) is 7.18. The van der Waals surface area contributed by atoms with Crippen molar-refractivity contribution in [3.63, 3.8) is 0 Å². The van der Waals surface area contributed by atoms with Gasteiger partial charge in [-0.1, -0.05) is 0 Å². The van der Waals surface area contributed by atoms with Gasteiger partial charge in [0.1, 0.15) is 11.6 Å². The number of hydrogen-bond acceptors (Lipinski definition) is 4. The highest BCUT2D eigenvalue weighted by Crippen LogP contribution is 2.31. The summed E-state index contributed by atoms with van der Waals surface area (Å²) in [4.78, 5) is 6.55. The van der Waals surface area contributed by atoms with E-state index in [-0.39, 0.29) is 18.0 Å². The van der Waals surface area contributed by atoms with Gasteiger partial charge in [-0.05, 0) is 62.6 Å². The fourth-order valence-corrected chi connectivity index (χ4v) is 3.18. The molecule has 1 aliphatic heterocycles. The van der Waals surface area contributed by atoms with Crippen molar-refractivity contribution in [1.82, 2.24) is 4.98 Å². The zero-order valence-corrected chi connectivity index (χ0v) is 14.2. The molecule has 0 saturated carbocycles. The number of aliphatic hydroxyl groups is 1. The molecule has 0 amide bonds. The Balaban J connectivity index is 1.84. The van der Waals surface area contributed by atoms with Gasteiger partial charge in [-0.15, -0.1) is 0 Å². The average Bonchev–Trinajstić information content (AvgIpc) is 2.56. The average molecular weight is 329 g/mol. The third kappa shape index (κ3) is 3.85. The van der Waals surface area contributed by atoms with E-state index in [0.29, 0.717) is 0 Å². The Hall–Kier alpha value is -2.14. The van der Waals surface area contributed by atoms with E-state index in [2.05, 4.69) is 15.2 Å². The highest BCUT2D eigenvalue weighted by atomic mass is 19.1.